The summed E-state index contributed by atoms with van der Waals surface area (Å²) in [5.41, 5.74) is -1.55. The highest BCUT2D eigenvalue weighted by atomic mass is 16.6. The molecule has 0 aromatic rings. The van der Waals surface area contributed by atoms with E-state index in [-0.39, 0.29) is 17.5 Å². The number of nitrogens with zero attached hydrogens (tertiary/aromatic N) is 1. The van der Waals surface area contributed by atoms with E-state index < -0.39 is 17.2 Å². The van der Waals surface area contributed by atoms with E-state index in [1.807, 2.05) is 0 Å². The molecule has 2 bridgehead atoms. The Bertz CT molecular complexity index is 507. The molecule has 0 amide bonds. The fourth-order valence-electron chi connectivity index (χ4n) is 5.58. The first-order chi connectivity index (χ1) is 9.99. The quantitative estimate of drug-likeness (QED) is 0.739. The number of ketones is 2. The average molecular weight is 293 g/mol. The summed E-state index contributed by atoms with van der Waals surface area (Å²) < 4.78 is 6.11. The number of fused-ring (bicyclic) bond motifs is 1. The van der Waals surface area contributed by atoms with Gasteiger partial charge in [-0.3, -0.25) is 9.59 Å². The highest BCUT2D eigenvalue weighted by Gasteiger charge is 2.72. The fourth-order valence-corrected chi connectivity index (χ4v) is 5.58. The smallest absolute Gasteiger partial charge is 0.166 e. The second-order valence-corrected chi connectivity index (χ2v) is 7.47. The Morgan fingerprint density at radius 3 is 2.86 bits per heavy atom. The molecule has 5 atom stereocenters. The molecule has 21 heavy (non-hydrogen) atoms. The van der Waals surface area contributed by atoms with E-state index >= 15 is 0 Å². The predicted molar refractivity (Wildman–Crippen MR) is 73.5 cm³/mol. The topological polar surface area (TPSA) is 66.8 Å². The van der Waals surface area contributed by atoms with Gasteiger partial charge in [0.2, 0.25) is 0 Å². The van der Waals surface area contributed by atoms with Gasteiger partial charge in [-0.2, -0.15) is 5.06 Å². The molecule has 2 aliphatic carbocycles. The molecule has 4 rings (SSSR count). The standard InChI is InChI=1S/C16H23NO4/c1-10-7-11-9-13(19)16-5-3-14(21-16)17(20)6-2-4-15(11,16)12(18)8-10/h10-11,14,20H,2-9H2,1H3/t10-,11+,14+,15-,16+/m0/s1. The van der Waals surface area contributed by atoms with Crippen molar-refractivity contribution in [3.05, 3.63) is 0 Å². The van der Waals surface area contributed by atoms with Gasteiger partial charge < -0.3 is 9.94 Å². The van der Waals surface area contributed by atoms with Crippen molar-refractivity contribution >= 4 is 11.6 Å². The first-order valence-corrected chi connectivity index (χ1v) is 8.19. The van der Waals surface area contributed by atoms with Crippen molar-refractivity contribution in [3.8, 4) is 0 Å². The van der Waals surface area contributed by atoms with Crippen LogP contribution >= 0.6 is 0 Å². The molecule has 0 unspecified atom stereocenters. The van der Waals surface area contributed by atoms with Gasteiger partial charge >= 0.3 is 0 Å². The van der Waals surface area contributed by atoms with Gasteiger partial charge in [0.15, 0.2) is 5.78 Å². The first-order valence-electron chi connectivity index (χ1n) is 8.19. The third-order valence-electron chi connectivity index (χ3n) is 6.39. The number of hydrogen-bond donors (Lipinski definition) is 1. The zero-order valence-corrected chi connectivity index (χ0v) is 12.5. The third-order valence-corrected chi connectivity index (χ3v) is 6.39. The van der Waals surface area contributed by atoms with E-state index in [0.717, 1.165) is 12.8 Å². The molecule has 0 aromatic carbocycles. The Morgan fingerprint density at radius 2 is 2.05 bits per heavy atom. The van der Waals surface area contributed by atoms with E-state index in [2.05, 4.69) is 6.92 Å². The molecule has 2 aliphatic heterocycles. The van der Waals surface area contributed by atoms with Crippen molar-refractivity contribution < 1.29 is 19.5 Å². The van der Waals surface area contributed by atoms with Gasteiger partial charge in [0.1, 0.15) is 17.6 Å². The summed E-state index contributed by atoms with van der Waals surface area (Å²) in [5.74, 6) is 0.857. The van der Waals surface area contributed by atoms with Crippen molar-refractivity contribution in [3.63, 3.8) is 0 Å². The van der Waals surface area contributed by atoms with Crippen molar-refractivity contribution in [1.82, 2.24) is 5.06 Å². The minimum absolute atomic E-state index is 0.104. The number of hydroxylamine groups is 2. The van der Waals surface area contributed by atoms with Crippen LogP contribution in [0.3, 0.4) is 0 Å². The lowest BCUT2D eigenvalue weighted by atomic mass is 9.56. The maximum Gasteiger partial charge on any atom is 0.166 e. The van der Waals surface area contributed by atoms with E-state index in [4.69, 9.17) is 4.74 Å². The molecule has 5 nitrogen and oxygen atoms in total. The van der Waals surface area contributed by atoms with Crippen molar-refractivity contribution in [2.24, 2.45) is 17.3 Å². The summed E-state index contributed by atoms with van der Waals surface area (Å²) in [6.07, 6.45) is 4.24. The Kier molecular flexibility index (Phi) is 2.88. The Labute approximate surface area is 124 Å². The Hall–Kier alpha value is -0.780. The van der Waals surface area contributed by atoms with Crippen LogP contribution in [0.5, 0.6) is 0 Å². The molecule has 4 fully saturated rings. The normalized spacial score (nSPS) is 50.5. The van der Waals surface area contributed by atoms with Crippen LogP contribution in [0.25, 0.3) is 0 Å². The van der Waals surface area contributed by atoms with Crippen LogP contribution in [0.4, 0.5) is 0 Å². The lowest BCUT2D eigenvalue weighted by Gasteiger charge is -2.49. The number of Topliss-reactive ketones (excluding diaryl/α,β-unsaturated/α-hetero) is 2. The van der Waals surface area contributed by atoms with Crippen LogP contribution < -0.4 is 0 Å². The van der Waals surface area contributed by atoms with Crippen molar-refractivity contribution in [2.45, 2.75) is 63.7 Å². The molecule has 2 saturated carbocycles. The molecule has 2 saturated heterocycles. The molecule has 5 heteroatoms. The van der Waals surface area contributed by atoms with Crippen LogP contribution in [-0.4, -0.2) is 40.2 Å². The molecular weight excluding hydrogens is 270 g/mol. The minimum atomic E-state index is -0.943. The largest absolute Gasteiger partial charge is 0.346 e. The monoisotopic (exact) mass is 293 g/mol. The summed E-state index contributed by atoms with van der Waals surface area (Å²) >= 11 is 0. The van der Waals surface area contributed by atoms with Gasteiger partial charge in [-0.25, -0.2) is 0 Å². The highest BCUT2D eigenvalue weighted by molar-refractivity contribution is 6.02. The van der Waals surface area contributed by atoms with Gasteiger partial charge in [-0.1, -0.05) is 6.92 Å². The SMILES string of the molecule is C[C@@H]1CC(=O)[C@@]23CCCN(O)[C@H]4CC[C@@]2(O4)C(=O)C[C@H]3C1. The minimum Gasteiger partial charge on any atom is -0.346 e. The van der Waals surface area contributed by atoms with Crippen molar-refractivity contribution in [2.75, 3.05) is 6.54 Å². The zero-order valence-electron chi connectivity index (χ0n) is 12.5. The van der Waals surface area contributed by atoms with Gasteiger partial charge in [-0.15, -0.1) is 0 Å². The Morgan fingerprint density at radius 1 is 1.24 bits per heavy atom. The zero-order chi connectivity index (χ0) is 14.8. The third kappa shape index (κ3) is 1.57. The lowest BCUT2D eigenvalue weighted by Crippen LogP contribution is -2.59. The predicted octanol–water partition coefficient (Wildman–Crippen LogP) is 1.92. The van der Waals surface area contributed by atoms with Crippen LogP contribution in [-0.2, 0) is 14.3 Å². The number of ether oxygens (including phenoxy) is 1. The molecule has 4 aliphatic rings. The summed E-state index contributed by atoms with van der Waals surface area (Å²) in [6, 6.07) is 0. The number of hydrogen-bond acceptors (Lipinski definition) is 5. The van der Waals surface area contributed by atoms with Gasteiger partial charge in [0.05, 0.1) is 5.41 Å². The summed E-state index contributed by atoms with van der Waals surface area (Å²) in [7, 11) is 0. The molecule has 2 spiro atoms. The molecule has 2 heterocycles. The highest BCUT2D eigenvalue weighted by Crippen LogP contribution is 2.63. The summed E-state index contributed by atoms with van der Waals surface area (Å²) in [4.78, 5) is 25.8. The van der Waals surface area contributed by atoms with Crippen LogP contribution in [0.2, 0.25) is 0 Å². The number of carbonyl (C=O) groups is 2. The first kappa shape index (κ1) is 13.9. The summed E-state index contributed by atoms with van der Waals surface area (Å²) in [5, 5.41) is 11.2. The van der Waals surface area contributed by atoms with Crippen LogP contribution in [0.15, 0.2) is 0 Å². The fraction of sp³-hybridized carbons (Fsp3) is 0.875. The molecule has 1 N–H and O–H groups in total. The summed E-state index contributed by atoms with van der Waals surface area (Å²) in [6.45, 7) is 2.63. The van der Waals surface area contributed by atoms with E-state index in [0.29, 0.717) is 44.6 Å². The second-order valence-electron chi connectivity index (χ2n) is 7.47. The number of carbonyl (C=O) groups excluding carboxylic acids is 2. The van der Waals surface area contributed by atoms with Crippen LogP contribution in [0.1, 0.15) is 51.9 Å². The van der Waals surface area contributed by atoms with Crippen LogP contribution in [0, 0.1) is 17.3 Å². The Balaban J connectivity index is 1.83. The molecular formula is C16H23NO4. The van der Waals surface area contributed by atoms with E-state index in [1.54, 1.807) is 0 Å². The molecule has 0 radical (unpaired) electrons. The lowest BCUT2D eigenvalue weighted by molar-refractivity contribution is -0.251. The maximum absolute atomic E-state index is 13.0. The maximum atomic E-state index is 13.0. The van der Waals surface area contributed by atoms with Gasteiger partial charge in [-0.05, 0) is 43.9 Å². The van der Waals surface area contributed by atoms with E-state index in [1.165, 1.54) is 5.06 Å². The van der Waals surface area contributed by atoms with Gasteiger partial charge in [0, 0.05) is 19.4 Å². The second kappa shape index (κ2) is 4.37. The van der Waals surface area contributed by atoms with Crippen molar-refractivity contribution in [1.29, 1.82) is 0 Å². The van der Waals surface area contributed by atoms with E-state index in [9.17, 15) is 14.8 Å². The number of rotatable bonds is 0. The molecule has 0 aromatic heterocycles. The molecule has 116 valence electrons. The average Bonchev–Trinajstić information content (AvgIpc) is 2.95. The van der Waals surface area contributed by atoms with Gasteiger partial charge in [0.25, 0.3) is 0 Å².